The Morgan fingerprint density at radius 3 is 2.39 bits per heavy atom. The fourth-order valence-corrected chi connectivity index (χ4v) is 3.85. The van der Waals surface area contributed by atoms with Crippen LogP contribution < -0.4 is 15.1 Å². The highest BCUT2D eigenvalue weighted by Crippen LogP contribution is 2.28. The number of benzene rings is 2. The first kappa shape index (κ1) is 24.5. The molecule has 2 aromatic rings. The average Bonchev–Trinajstić information content (AvgIpc) is 3.06. The third-order valence-electron chi connectivity index (χ3n) is 4.97. The first-order valence-electron chi connectivity index (χ1n) is 10.3. The summed E-state index contributed by atoms with van der Waals surface area (Å²) in [4.78, 5) is 52.7. The largest absolute Gasteiger partial charge is 0.494 e. The number of halogens is 2. The third-order valence-corrected chi connectivity index (χ3v) is 5.52. The summed E-state index contributed by atoms with van der Waals surface area (Å²) in [6.45, 7) is 5.58. The Morgan fingerprint density at radius 2 is 1.82 bits per heavy atom. The molecule has 1 N–H and O–H groups in total. The summed E-state index contributed by atoms with van der Waals surface area (Å²) in [6, 6.07) is 9.55. The van der Waals surface area contributed by atoms with Gasteiger partial charge < -0.3 is 4.74 Å². The van der Waals surface area contributed by atoms with E-state index in [2.05, 4.69) is 5.43 Å². The van der Waals surface area contributed by atoms with Crippen LogP contribution >= 0.6 is 23.2 Å². The van der Waals surface area contributed by atoms with Crippen LogP contribution in [0.25, 0.3) is 0 Å². The molecule has 1 atom stereocenters. The van der Waals surface area contributed by atoms with Gasteiger partial charge in [-0.2, -0.15) is 0 Å². The molecule has 2 aromatic carbocycles. The number of carbonyl (C=O) groups excluding carboxylic acids is 4. The molecule has 1 unspecified atom stereocenters. The van der Waals surface area contributed by atoms with Crippen LogP contribution in [0.15, 0.2) is 42.5 Å². The van der Waals surface area contributed by atoms with Gasteiger partial charge in [-0.15, -0.1) is 0 Å². The second-order valence-electron chi connectivity index (χ2n) is 7.64. The Hall–Kier alpha value is -3.10. The smallest absolute Gasteiger partial charge is 0.271 e. The number of ether oxygens (including phenoxy) is 1. The van der Waals surface area contributed by atoms with Gasteiger partial charge in [0.15, 0.2) is 0 Å². The van der Waals surface area contributed by atoms with Gasteiger partial charge in [0, 0.05) is 10.9 Å². The van der Waals surface area contributed by atoms with Gasteiger partial charge in [-0.25, -0.2) is 9.91 Å². The maximum Gasteiger partial charge on any atom is 0.271 e. The van der Waals surface area contributed by atoms with Gasteiger partial charge in [-0.05, 0) is 49.4 Å². The molecule has 1 saturated heterocycles. The number of nitrogens with one attached hydrogen (secondary N) is 1. The summed E-state index contributed by atoms with van der Waals surface area (Å²) in [6.07, 6.45) is -0.279. The van der Waals surface area contributed by atoms with Crippen LogP contribution in [-0.2, 0) is 14.4 Å². The highest BCUT2D eigenvalue weighted by atomic mass is 35.5. The maximum atomic E-state index is 13.2. The summed E-state index contributed by atoms with van der Waals surface area (Å²) < 4.78 is 5.39. The van der Waals surface area contributed by atoms with E-state index in [0.717, 1.165) is 9.91 Å². The maximum absolute atomic E-state index is 13.2. The molecule has 1 heterocycles. The number of carbonyl (C=O) groups is 4. The molecule has 174 valence electrons. The Kier molecular flexibility index (Phi) is 7.61. The van der Waals surface area contributed by atoms with Crippen molar-refractivity contribution >= 4 is 52.5 Å². The Balaban J connectivity index is 1.88. The summed E-state index contributed by atoms with van der Waals surface area (Å²) in [7, 11) is 0. The van der Waals surface area contributed by atoms with Crippen LogP contribution in [0.4, 0.5) is 5.69 Å². The van der Waals surface area contributed by atoms with Crippen molar-refractivity contribution in [2.75, 3.05) is 11.5 Å². The topological polar surface area (TPSA) is 96.0 Å². The van der Waals surface area contributed by atoms with Crippen molar-refractivity contribution in [3.63, 3.8) is 0 Å². The van der Waals surface area contributed by atoms with Crippen molar-refractivity contribution in [3.05, 3.63) is 58.1 Å². The highest BCUT2D eigenvalue weighted by molar-refractivity contribution is 6.36. The molecular formula is C23H23Cl2N3O5. The summed E-state index contributed by atoms with van der Waals surface area (Å²) in [5.41, 5.74) is 2.88. The first-order valence-corrected chi connectivity index (χ1v) is 11.1. The van der Waals surface area contributed by atoms with Gasteiger partial charge in [0.25, 0.3) is 11.8 Å². The predicted molar refractivity (Wildman–Crippen MR) is 124 cm³/mol. The molecule has 4 amide bonds. The molecule has 8 nitrogen and oxygen atoms in total. The lowest BCUT2D eigenvalue weighted by Gasteiger charge is -2.29. The van der Waals surface area contributed by atoms with Crippen molar-refractivity contribution in [1.82, 2.24) is 10.4 Å². The predicted octanol–water partition coefficient (Wildman–Crippen LogP) is 3.85. The SMILES string of the molecule is CCOc1ccc(N2C(=O)CC(N(NC(=O)c3ccc(Cl)cc3Cl)C(=O)C(C)C)C2=O)cc1. The molecule has 0 saturated carbocycles. The van der Waals surface area contributed by atoms with Gasteiger partial charge in [-0.1, -0.05) is 37.0 Å². The van der Waals surface area contributed by atoms with Crippen molar-refractivity contribution in [2.24, 2.45) is 5.92 Å². The number of amides is 4. The number of hydrogen-bond donors (Lipinski definition) is 1. The van der Waals surface area contributed by atoms with E-state index < -0.39 is 35.6 Å². The van der Waals surface area contributed by atoms with E-state index in [1.165, 1.54) is 18.2 Å². The molecule has 33 heavy (non-hydrogen) atoms. The van der Waals surface area contributed by atoms with E-state index in [-0.39, 0.29) is 17.0 Å². The summed E-state index contributed by atoms with van der Waals surface area (Å²) >= 11 is 12.0. The van der Waals surface area contributed by atoms with Gasteiger partial charge in [0.1, 0.15) is 11.8 Å². The van der Waals surface area contributed by atoms with E-state index in [1.54, 1.807) is 38.1 Å². The zero-order chi connectivity index (χ0) is 24.3. The van der Waals surface area contributed by atoms with Gasteiger partial charge in [0.05, 0.1) is 29.3 Å². The summed E-state index contributed by atoms with van der Waals surface area (Å²) in [5, 5.41) is 1.35. The zero-order valence-corrected chi connectivity index (χ0v) is 19.8. The number of anilines is 1. The molecule has 0 aliphatic carbocycles. The Bertz CT molecular complexity index is 1090. The molecule has 3 rings (SSSR count). The van der Waals surface area contributed by atoms with E-state index >= 15 is 0 Å². The number of hydrazine groups is 1. The fraction of sp³-hybridized carbons (Fsp3) is 0.304. The van der Waals surface area contributed by atoms with Crippen LogP contribution in [-0.4, -0.2) is 41.3 Å². The highest BCUT2D eigenvalue weighted by Gasteiger charge is 2.45. The van der Waals surface area contributed by atoms with Crippen molar-refractivity contribution in [2.45, 2.75) is 33.2 Å². The monoisotopic (exact) mass is 491 g/mol. The molecule has 0 radical (unpaired) electrons. The lowest BCUT2D eigenvalue weighted by molar-refractivity contribution is -0.143. The van der Waals surface area contributed by atoms with Crippen LogP contribution in [0.1, 0.15) is 37.6 Å². The Morgan fingerprint density at radius 1 is 1.15 bits per heavy atom. The van der Waals surface area contributed by atoms with Crippen molar-refractivity contribution < 1.29 is 23.9 Å². The van der Waals surface area contributed by atoms with Gasteiger partial charge in [-0.3, -0.25) is 24.6 Å². The van der Waals surface area contributed by atoms with E-state index in [4.69, 9.17) is 27.9 Å². The number of hydrogen-bond acceptors (Lipinski definition) is 5. The number of nitrogens with zero attached hydrogens (tertiary/aromatic N) is 2. The van der Waals surface area contributed by atoms with Crippen LogP contribution in [0.2, 0.25) is 10.0 Å². The standard InChI is InChI=1S/C23H23Cl2N3O5/c1-4-33-16-8-6-15(7-9-16)27-20(29)12-19(23(27)32)28(22(31)13(2)3)26-21(30)17-10-5-14(24)11-18(17)25/h5-11,13,19H,4,12H2,1-3H3,(H,26,30). The van der Waals surface area contributed by atoms with Crippen molar-refractivity contribution in [1.29, 1.82) is 0 Å². The van der Waals surface area contributed by atoms with Crippen LogP contribution in [0.5, 0.6) is 5.75 Å². The molecule has 10 heteroatoms. The minimum atomic E-state index is -1.20. The minimum Gasteiger partial charge on any atom is -0.494 e. The van der Waals surface area contributed by atoms with Crippen LogP contribution in [0.3, 0.4) is 0 Å². The lowest BCUT2D eigenvalue weighted by Crippen LogP contribution is -2.56. The zero-order valence-electron chi connectivity index (χ0n) is 18.3. The normalized spacial score (nSPS) is 15.7. The van der Waals surface area contributed by atoms with E-state index in [9.17, 15) is 19.2 Å². The molecular weight excluding hydrogens is 469 g/mol. The third kappa shape index (κ3) is 5.29. The second-order valence-corrected chi connectivity index (χ2v) is 8.49. The van der Waals surface area contributed by atoms with E-state index in [1.807, 2.05) is 6.92 Å². The minimum absolute atomic E-state index is 0.0720. The molecule has 0 aromatic heterocycles. The molecule has 1 aliphatic rings. The first-order chi connectivity index (χ1) is 15.6. The quantitative estimate of drug-likeness (QED) is 0.488. The molecule has 0 bridgehead atoms. The number of rotatable bonds is 6. The molecule has 0 spiro atoms. The molecule has 1 aliphatic heterocycles. The van der Waals surface area contributed by atoms with Gasteiger partial charge >= 0.3 is 0 Å². The van der Waals surface area contributed by atoms with Gasteiger partial charge in [0.2, 0.25) is 11.8 Å². The Labute approximate surface area is 201 Å². The average molecular weight is 492 g/mol. The summed E-state index contributed by atoms with van der Waals surface area (Å²) in [5.74, 6) is -2.29. The van der Waals surface area contributed by atoms with Crippen molar-refractivity contribution in [3.8, 4) is 5.75 Å². The lowest BCUT2D eigenvalue weighted by atomic mass is 10.1. The van der Waals surface area contributed by atoms with E-state index in [0.29, 0.717) is 23.1 Å². The van der Waals surface area contributed by atoms with Crippen LogP contribution in [0, 0.1) is 5.92 Å². The number of imide groups is 1. The second kappa shape index (κ2) is 10.2. The fourth-order valence-electron chi connectivity index (χ4n) is 3.36. The molecule has 1 fully saturated rings.